The molecule has 0 aromatic heterocycles. The van der Waals surface area contributed by atoms with Gasteiger partial charge >= 0.3 is 0 Å². The molecular formula is C19H21FN3. The molecule has 119 valence electrons. The molecule has 23 heavy (non-hydrogen) atoms. The first kappa shape index (κ1) is 14.5. The number of anilines is 2. The van der Waals surface area contributed by atoms with Crippen LogP contribution in [-0.2, 0) is 6.54 Å². The maximum absolute atomic E-state index is 13.4. The lowest BCUT2D eigenvalue weighted by molar-refractivity contribution is 0.461. The monoisotopic (exact) mass is 310 g/mol. The summed E-state index contributed by atoms with van der Waals surface area (Å²) in [6.07, 6.45) is 2.37. The lowest BCUT2D eigenvalue weighted by Crippen LogP contribution is -2.26. The highest BCUT2D eigenvalue weighted by molar-refractivity contribution is 5.80. The molecule has 2 aromatic carbocycles. The first-order chi connectivity index (χ1) is 11.3. The van der Waals surface area contributed by atoms with E-state index in [0.717, 1.165) is 18.7 Å². The fraction of sp³-hybridized carbons (Fsp3) is 0.316. The van der Waals surface area contributed by atoms with Crippen LogP contribution in [0.3, 0.4) is 0 Å². The molecule has 0 amide bonds. The average Bonchev–Trinajstić information content (AvgIpc) is 2.99. The number of halogens is 1. The Hall–Kier alpha value is -2.07. The van der Waals surface area contributed by atoms with Crippen LogP contribution in [-0.4, -0.2) is 13.1 Å². The third-order valence-electron chi connectivity index (χ3n) is 4.77. The van der Waals surface area contributed by atoms with Crippen LogP contribution >= 0.6 is 0 Å². The minimum Gasteiger partial charge on any atom is -0.360 e. The average molecular weight is 310 g/mol. The van der Waals surface area contributed by atoms with Gasteiger partial charge < -0.3 is 15.5 Å². The van der Waals surface area contributed by atoms with Gasteiger partial charge in [-0.25, -0.2) is 4.39 Å². The van der Waals surface area contributed by atoms with E-state index in [1.807, 2.05) is 12.7 Å². The Morgan fingerprint density at radius 1 is 1.09 bits per heavy atom. The normalized spacial score (nSPS) is 17.9. The second-order valence-corrected chi connectivity index (χ2v) is 6.30. The van der Waals surface area contributed by atoms with Crippen molar-refractivity contribution in [1.82, 2.24) is 5.32 Å². The number of hydrogen-bond donors (Lipinski definition) is 2. The van der Waals surface area contributed by atoms with Crippen molar-refractivity contribution < 1.29 is 4.39 Å². The van der Waals surface area contributed by atoms with E-state index >= 15 is 0 Å². The van der Waals surface area contributed by atoms with Gasteiger partial charge in [0.1, 0.15) is 12.5 Å². The largest absolute Gasteiger partial charge is 0.360 e. The van der Waals surface area contributed by atoms with Crippen LogP contribution in [0.2, 0.25) is 0 Å². The Morgan fingerprint density at radius 3 is 2.74 bits per heavy atom. The highest BCUT2D eigenvalue weighted by Crippen LogP contribution is 2.42. The second-order valence-electron chi connectivity index (χ2n) is 6.30. The Kier molecular flexibility index (Phi) is 3.92. The van der Waals surface area contributed by atoms with Gasteiger partial charge in [0.25, 0.3) is 0 Å². The molecule has 0 aliphatic carbocycles. The SMILES string of the molecule is Fc1cccc(CN2[CH]Nc3c(C4CCNCC4)cccc32)c1. The van der Waals surface area contributed by atoms with E-state index in [0.29, 0.717) is 12.5 Å². The first-order valence-electron chi connectivity index (χ1n) is 8.26. The summed E-state index contributed by atoms with van der Waals surface area (Å²) in [7, 11) is 0. The summed E-state index contributed by atoms with van der Waals surface area (Å²) in [5.41, 5.74) is 4.78. The molecule has 0 bridgehead atoms. The van der Waals surface area contributed by atoms with Crippen molar-refractivity contribution in [2.45, 2.75) is 25.3 Å². The minimum atomic E-state index is -0.182. The van der Waals surface area contributed by atoms with E-state index in [4.69, 9.17) is 0 Å². The van der Waals surface area contributed by atoms with E-state index < -0.39 is 0 Å². The molecular weight excluding hydrogens is 289 g/mol. The van der Waals surface area contributed by atoms with E-state index in [1.54, 1.807) is 12.1 Å². The third kappa shape index (κ3) is 2.91. The summed E-state index contributed by atoms with van der Waals surface area (Å²) in [6.45, 7) is 4.85. The fourth-order valence-corrected chi connectivity index (χ4v) is 3.60. The Balaban J connectivity index is 1.59. The molecule has 2 heterocycles. The van der Waals surface area contributed by atoms with Crippen molar-refractivity contribution in [2.75, 3.05) is 23.3 Å². The standard InChI is InChI=1S/C19H21FN3/c20-16-4-1-3-14(11-16)12-23-13-22-19-17(5-2-6-18(19)23)15-7-9-21-10-8-15/h1-6,11,13,15,21-22H,7-10,12H2. The summed E-state index contributed by atoms with van der Waals surface area (Å²) >= 11 is 0. The molecule has 4 rings (SSSR count). The van der Waals surface area contributed by atoms with Crippen LogP contribution < -0.4 is 15.5 Å². The van der Waals surface area contributed by atoms with Crippen LogP contribution in [0.15, 0.2) is 42.5 Å². The van der Waals surface area contributed by atoms with Crippen molar-refractivity contribution >= 4 is 11.4 Å². The van der Waals surface area contributed by atoms with Gasteiger partial charge in [-0.1, -0.05) is 24.3 Å². The van der Waals surface area contributed by atoms with E-state index in [-0.39, 0.29) is 5.82 Å². The molecule has 3 nitrogen and oxygen atoms in total. The second kappa shape index (κ2) is 6.20. The predicted molar refractivity (Wildman–Crippen MR) is 91.8 cm³/mol. The molecule has 0 spiro atoms. The van der Waals surface area contributed by atoms with Gasteiger partial charge in [-0.15, -0.1) is 0 Å². The van der Waals surface area contributed by atoms with Crippen LogP contribution in [0.5, 0.6) is 0 Å². The molecule has 0 atom stereocenters. The fourth-order valence-electron chi connectivity index (χ4n) is 3.60. The molecule has 2 aliphatic rings. The molecule has 0 saturated carbocycles. The highest BCUT2D eigenvalue weighted by atomic mass is 19.1. The Morgan fingerprint density at radius 2 is 1.91 bits per heavy atom. The molecule has 1 radical (unpaired) electrons. The Labute approximate surface area is 136 Å². The zero-order chi connectivity index (χ0) is 15.6. The lowest BCUT2D eigenvalue weighted by atomic mass is 9.88. The number of rotatable bonds is 3. The number of nitrogens with zero attached hydrogens (tertiary/aromatic N) is 1. The van der Waals surface area contributed by atoms with Crippen molar-refractivity contribution in [3.8, 4) is 0 Å². The van der Waals surface area contributed by atoms with Gasteiger partial charge in [0.15, 0.2) is 0 Å². The molecule has 0 unspecified atom stereocenters. The van der Waals surface area contributed by atoms with E-state index in [1.165, 1.54) is 35.8 Å². The summed E-state index contributed by atoms with van der Waals surface area (Å²) in [5.74, 6) is 0.430. The van der Waals surface area contributed by atoms with Crippen molar-refractivity contribution in [1.29, 1.82) is 0 Å². The number of piperidine rings is 1. The van der Waals surface area contributed by atoms with Crippen molar-refractivity contribution in [2.24, 2.45) is 0 Å². The van der Waals surface area contributed by atoms with Gasteiger partial charge in [0.2, 0.25) is 0 Å². The van der Waals surface area contributed by atoms with E-state index in [2.05, 4.69) is 33.7 Å². The van der Waals surface area contributed by atoms with Crippen molar-refractivity contribution in [3.05, 3.63) is 66.1 Å². The summed E-state index contributed by atoms with van der Waals surface area (Å²) in [5, 5.41) is 6.86. The van der Waals surface area contributed by atoms with Gasteiger partial charge in [0.05, 0.1) is 11.4 Å². The number of benzene rings is 2. The van der Waals surface area contributed by atoms with Gasteiger partial charge in [-0.05, 0) is 61.2 Å². The minimum absolute atomic E-state index is 0.182. The lowest BCUT2D eigenvalue weighted by Gasteiger charge is -2.25. The van der Waals surface area contributed by atoms with Crippen LogP contribution in [0.4, 0.5) is 15.8 Å². The molecule has 1 saturated heterocycles. The zero-order valence-electron chi connectivity index (χ0n) is 13.1. The summed E-state index contributed by atoms with van der Waals surface area (Å²) in [6, 6.07) is 13.3. The maximum atomic E-state index is 13.4. The highest BCUT2D eigenvalue weighted by Gasteiger charge is 2.26. The van der Waals surface area contributed by atoms with Crippen LogP contribution in [0.25, 0.3) is 0 Å². The molecule has 1 fully saturated rings. The number of nitrogens with one attached hydrogen (secondary N) is 2. The molecule has 2 aliphatic heterocycles. The number of hydrogen-bond acceptors (Lipinski definition) is 3. The van der Waals surface area contributed by atoms with Gasteiger partial charge in [0, 0.05) is 6.54 Å². The van der Waals surface area contributed by atoms with Crippen molar-refractivity contribution in [3.63, 3.8) is 0 Å². The van der Waals surface area contributed by atoms with E-state index in [9.17, 15) is 4.39 Å². The first-order valence-corrected chi connectivity index (χ1v) is 8.26. The van der Waals surface area contributed by atoms with Crippen LogP contribution in [0, 0.1) is 12.5 Å². The molecule has 2 aromatic rings. The topological polar surface area (TPSA) is 27.3 Å². The zero-order valence-corrected chi connectivity index (χ0v) is 13.1. The molecule has 2 N–H and O–H groups in total. The van der Waals surface area contributed by atoms with Gasteiger partial charge in [-0.3, -0.25) is 0 Å². The Bertz CT molecular complexity index is 695. The number of para-hydroxylation sites is 1. The van der Waals surface area contributed by atoms with Crippen LogP contribution in [0.1, 0.15) is 29.9 Å². The smallest absolute Gasteiger partial charge is 0.139 e. The van der Waals surface area contributed by atoms with Gasteiger partial charge in [-0.2, -0.15) is 0 Å². The number of fused-ring (bicyclic) bond motifs is 1. The quantitative estimate of drug-likeness (QED) is 0.902. The third-order valence-corrected chi connectivity index (χ3v) is 4.77. The predicted octanol–water partition coefficient (Wildman–Crippen LogP) is 3.84. The summed E-state index contributed by atoms with van der Waals surface area (Å²) < 4.78 is 13.4. The molecule has 4 heteroatoms. The maximum Gasteiger partial charge on any atom is 0.139 e. The summed E-state index contributed by atoms with van der Waals surface area (Å²) in [4.78, 5) is 2.16.